The van der Waals surface area contributed by atoms with E-state index in [-0.39, 0.29) is 29.1 Å². The van der Waals surface area contributed by atoms with E-state index in [2.05, 4.69) is 30.6 Å². The van der Waals surface area contributed by atoms with Crippen LogP contribution >= 0.6 is 11.6 Å². The van der Waals surface area contributed by atoms with Crippen LogP contribution in [-0.2, 0) is 11.3 Å². The van der Waals surface area contributed by atoms with Crippen molar-refractivity contribution >= 4 is 23.6 Å². The van der Waals surface area contributed by atoms with Crippen molar-refractivity contribution in [2.75, 3.05) is 6.54 Å². The average Bonchev–Trinajstić information content (AvgIpc) is 3.54. The van der Waals surface area contributed by atoms with Crippen molar-refractivity contribution in [2.45, 2.75) is 57.8 Å². The first-order chi connectivity index (χ1) is 17.8. The number of alkyl halides is 3. The highest BCUT2D eigenvalue weighted by molar-refractivity contribution is 6.33. The van der Waals surface area contributed by atoms with Crippen molar-refractivity contribution in [2.24, 2.45) is 0 Å². The van der Waals surface area contributed by atoms with Crippen molar-refractivity contribution in [1.82, 2.24) is 35.4 Å². The third-order valence-corrected chi connectivity index (χ3v) is 5.60. The molecular weight excluding hydrogens is 535 g/mol. The molecule has 1 aromatic carbocycles. The highest BCUT2D eigenvalue weighted by Gasteiger charge is 2.39. The molecule has 38 heavy (non-hydrogen) atoms. The molecule has 0 saturated carbocycles. The molecule has 1 aliphatic rings. The van der Waals surface area contributed by atoms with Gasteiger partial charge in [0.25, 0.3) is 0 Å². The molecule has 3 aromatic rings. The van der Waals surface area contributed by atoms with E-state index in [1.807, 2.05) is 0 Å². The lowest BCUT2D eigenvalue weighted by Gasteiger charge is -2.28. The zero-order valence-corrected chi connectivity index (χ0v) is 21.2. The number of benzene rings is 1. The van der Waals surface area contributed by atoms with Crippen LogP contribution in [0.2, 0.25) is 5.02 Å². The third-order valence-electron chi connectivity index (χ3n) is 5.27. The summed E-state index contributed by atoms with van der Waals surface area (Å²) >= 11 is 6.07. The Morgan fingerprint density at radius 3 is 2.66 bits per heavy atom. The quantitative estimate of drug-likeness (QED) is 0.481. The highest BCUT2D eigenvalue weighted by Crippen LogP contribution is 2.33. The number of rotatable bonds is 6. The van der Waals surface area contributed by atoms with Crippen molar-refractivity contribution in [1.29, 1.82) is 0 Å². The Morgan fingerprint density at radius 1 is 1.24 bits per heavy atom. The summed E-state index contributed by atoms with van der Waals surface area (Å²) in [6.45, 7) is 5.71. The summed E-state index contributed by atoms with van der Waals surface area (Å²) in [5, 5.41) is 17.9. The maximum absolute atomic E-state index is 12.8. The molecule has 0 aliphatic carbocycles. The van der Waals surface area contributed by atoms with Crippen molar-refractivity contribution < 1.29 is 36.7 Å². The zero-order chi connectivity index (χ0) is 27.7. The van der Waals surface area contributed by atoms with Crippen molar-refractivity contribution in [3.63, 3.8) is 0 Å². The van der Waals surface area contributed by atoms with Gasteiger partial charge in [-0.2, -0.15) is 0 Å². The molecule has 2 aromatic heterocycles. The molecule has 4 rings (SSSR count). The summed E-state index contributed by atoms with van der Waals surface area (Å²) < 4.78 is 54.1. The number of likely N-dealkylation sites (tertiary alicyclic amines) is 1. The first-order valence-corrected chi connectivity index (χ1v) is 11.7. The van der Waals surface area contributed by atoms with Gasteiger partial charge in [0, 0.05) is 18.8 Å². The summed E-state index contributed by atoms with van der Waals surface area (Å²) in [5.74, 6) is -2.01. The van der Waals surface area contributed by atoms with Gasteiger partial charge >= 0.3 is 24.3 Å². The molecule has 204 valence electrons. The molecule has 1 N–H and O–H groups in total. The number of nitrogens with zero attached hydrogens (tertiary/aromatic N) is 6. The van der Waals surface area contributed by atoms with E-state index in [1.165, 1.54) is 17.2 Å². The number of amides is 2. The van der Waals surface area contributed by atoms with Gasteiger partial charge in [-0.15, -0.1) is 28.5 Å². The van der Waals surface area contributed by atoms with Gasteiger partial charge in [-0.3, -0.25) is 9.48 Å². The second-order valence-corrected chi connectivity index (χ2v) is 9.83. The van der Waals surface area contributed by atoms with Gasteiger partial charge in [0.15, 0.2) is 0 Å². The van der Waals surface area contributed by atoms with Crippen LogP contribution in [0.25, 0.3) is 11.5 Å². The second kappa shape index (κ2) is 10.5. The molecule has 0 bridgehead atoms. The fourth-order valence-electron chi connectivity index (χ4n) is 3.82. The fraction of sp³-hybridized carbons (Fsp3) is 0.455. The predicted octanol–water partition coefficient (Wildman–Crippen LogP) is 3.69. The molecule has 16 heteroatoms. The standard InChI is InChI=1S/C22H23ClF3N7O5/c1-21(2,3)38-20(35)33-10-12(8-13(33)11-32-7-6-27-31-32)28-17(34)19-30-29-18(36-19)15-9-14(4-5-16(15)23)37-22(24,25)26/h4-7,9,12-13H,8,10-11H2,1-3H3,(H,28,34). The third kappa shape index (κ3) is 6.90. The Morgan fingerprint density at radius 2 is 2.00 bits per heavy atom. The van der Waals surface area contributed by atoms with Gasteiger partial charge in [0.05, 0.1) is 29.4 Å². The van der Waals surface area contributed by atoms with E-state index < -0.39 is 41.6 Å². The number of aromatic nitrogens is 5. The Balaban J connectivity index is 1.46. The number of carbonyl (C=O) groups is 2. The van der Waals surface area contributed by atoms with E-state index in [9.17, 15) is 22.8 Å². The van der Waals surface area contributed by atoms with Crippen LogP contribution in [-0.4, -0.2) is 72.7 Å². The SMILES string of the molecule is CC(C)(C)OC(=O)N1CC(NC(=O)c2nnc(-c3cc(OC(F)(F)F)ccc3Cl)o2)CC1Cn1ccnn1. The number of halogens is 4. The van der Waals surface area contributed by atoms with Gasteiger partial charge in [-0.05, 0) is 45.4 Å². The van der Waals surface area contributed by atoms with E-state index in [1.54, 1.807) is 31.6 Å². The predicted molar refractivity (Wildman–Crippen MR) is 124 cm³/mol. The largest absolute Gasteiger partial charge is 0.573 e. The van der Waals surface area contributed by atoms with Crippen LogP contribution in [0.4, 0.5) is 18.0 Å². The number of hydrogen-bond donors (Lipinski definition) is 1. The molecule has 2 atom stereocenters. The fourth-order valence-corrected chi connectivity index (χ4v) is 4.02. The number of carbonyl (C=O) groups excluding carboxylic acids is 2. The number of hydrogen-bond acceptors (Lipinski definition) is 9. The Hall–Kier alpha value is -3.88. The molecule has 3 heterocycles. The minimum atomic E-state index is -4.91. The van der Waals surface area contributed by atoms with Crippen LogP contribution in [0.3, 0.4) is 0 Å². The topological polar surface area (TPSA) is 138 Å². The molecule has 1 fully saturated rings. The van der Waals surface area contributed by atoms with E-state index in [0.717, 1.165) is 12.1 Å². The number of nitrogens with one attached hydrogen (secondary N) is 1. The molecule has 1 aliphatic heterocycles. The van der Waals surface area contributed by atoms with E-state index in [0.29, 0.717) is 13.0 Å². The molecule has 2 unspecified atom stereocenters. The highest BCUT2D eigenvalue weighted by atomic mass is 35.5. The van der Waals surface area contributed by atoms with Crippen molar-refractivity contribution in [3.8, 4) is 17.2 Å². The van der Waals surface area contributed by atoms with Gasteiger partial charge in [0.1, 0.15) is 11.4 Å². The molecule has 0 radical (unpaired) electrons. The molecule has 2 amide bonds. The normalized spacial score (nSPS) is 17.9. The first-order valence-electron chi connectivity index (χ1n) is 11.3. The summed E-state index contributed by atoms with van der Waals surface area (Å²) in [6.07, 6.45) is -1.93. The molecule has 0 spiro atoms. The van der Waals surface area contributed by atoms with Crippen LogP contribution in [0, 0.1) is 0 Å². The summed E-state index contributed by atoms with van der Waals surface area (Å²) in [6, 6.07) is 2.31. The van der Waals surface area contributed by atoms with Gasteiger partial charge in [-0.25, -0.2) is 4.79 Å². The van der Waals surface area contributed by atoms with Gasteiger partial charge in [-0.1, -0.05) is 16.8 Å². The van der Waals surface area contributed by atoms with Gasteiger partial charge in [0.2, 0.25) is 5.89 Å². The first kappa shape index (κ1) is 27.2. The smallest absolute Gasteiger partial charge is 0.444 e. The van der Waals surface area contributed by atoms with Gasteiger partial charge < -0.3 is 24.1 Å². The molecule has 12 nitrogen and oxygen atoms in total. The maximum Gasteiger partial charge on any atom is 0.573 e. The van der Waals surface area contributed by atoms with Crippen LogP contribution in [0.1, 0.15) is 37.9 Å². The van der Waals surface area contributed by atoms with E-state index in [4.69, 9.17) is 20.8 Å². The Labute approximate surface area is 219 Å². The van der Waals surface area contributed by atoms with Crippen LogP contribution in [0.5, 0.6) is 5.75 Å². The molecule has 1 saturated heterocycles. The average molecular weight is 558 g/mol. The van der Waals surface area contributed by atoms with Crippen molar-refractivity contribution in [3.05, 3.63) is 41.5 Å². The zero-order valence-electron chi connectivity index (χ0n) is 20.4. The Kier molecular flexibility index (Phi) is 7.49. The summed E-state index contributed by atoms with van der Waals surface area (Å²) in [7, 11) is 0. The Bertz CT molecular complexity index is 1290. The van der Waals surface area contributed by atoms with Crippen LogP contribution < -0.4 is 10.1 Å². The number of ether oxygens (including phenoxy) is 2. The maximum atomic E-state index is 12.8. The lowest BCUT2D eigenvalue weighted by Crippen LogP contribution is -2.43. The summed E-state index contributed by atoms with van der Waals surface area (Å²) in [5.41, 5.74) is -0.773. The lowest BCUT2D eigenvalue weighted by atomic mass is 10.1. The minimum Gasteiger partial charge on any atom is -0.444 e. The lowest BCUT2D eigenvalue weighted by molar-refractivity contribution is -0.274. The second-order valence-electron chi connectivity index (χ2n) is 9.42. The molecular formula is C22H23ClF3N7O5. The van der Waals surface area contributed by atoms with Crippen LogP contribution in [0.15, 0.2) is 35.0 Å². The minimum absolute atomic E-state index is 0.00915. The van der Waals surface area contributed by atoms with E-state index >= 15 is 0 Å². The monoisotopic (exact) mass is 557 g/mol. The summed E-state index contributed by atoms with van der Waals surface area (Å²) in [4.78, 5) is 27.2.